The van der Waals surface area contributed by atoms with Gasteiger partial charge in [0, 0.05) is 18.7 Å². The predicted octanol–water partition coefficient (Wildman–Crippen LogP) is 1.60. The Labute approximate surface area is 88.9 Å². The maximum atomic E-state index is 11.9. The molecule has 0 saturated carbocycles. The summed E-state index contributed by atoms with van der Waals surface area (Å²) in [6.07, 6.45) is 1.31. The number of amides is 1. The van der Waals surface area contributed by atoms with Crippen LogP contribution in [0.4, 0.5) is 0 Å². The number of carbonyl (C=O) groups excluding carboxylic acids is 1. The van der Waals surface area contributed by atoms with E-state index in [-0.39, 0.29) is 5.91 Å². The summed E-state index contributed by atoms with van der Waals surface area (Å²) in [6, 6.07) is 9.75. The lowest BCUT2D eigenvalue weighted by Crippen LogP contribution is -2.38. The van der Waals surface area contributed by atoms with Crippen LogP contribution < -0.4 is 0 Å². The Bertz CT molecular complexity index is 420. The molecule has 1 aromatic carbocycles. The molecule has 15 heavy (non-hydrogen) atoms. The van der Waals surface area contributed by atoms with E-state index in [1.807, 2.05) is 24.3 Å². The fourth-order valence-electron chi connectivity index (χ4n) is 1.87. The fraction of sp³-hybridized carbons (Fsp3) is 0.333. The molecule has 0 aromatic heterocycles. The molecule has 1 aliphatic rings. The van der Waals surface area contributed by atoms with Crippen molar-refractivity contribution in [3.05, 3.63) is 35.4 Å². The second-order valence-electron chi connectivity index (χ2n) is 3.61. The second-order valence-corrected chi connectivity index (χ2v) is 3.61. The van der Waals surface area contributed by atoms with Gasteiger partial charge in [-0.1, -0.05) is 18.2 Å². The molecule has 0 bridgehead atoms. The lowest BCUT2D eigenvalue weighted by Gasteiger charge is -2.27. The zero-order valence-corrected chi connectivity index (χ0v) is 8.44. The highest BCUT2D eigenvalue weighted by Gasteiger charge is 2.22. The van der Waals surface area contributed by atoms with Crippen LogP contribution in [0.15, 0.2) is 24.3 Å². The summed E-state index contributed by atoms with van der Waals surface area (Å²) >= 11 is 0. The standard InChI is InChI=1S/C12H12N2O/c13-7-3-8-14-9-6-10-4-1-2-5-11(10)12(14)15/h1-2,4-5H,3,6,8-9H2. The van der Waals surface area contributed by atoms with Crippen molar-refractivity contribution in [1.82, 2.24) is 4.90 Å². The average Bonchev–Trinajstić information content (AvgIpc) is 2.29. The SMILES string of the molecule is N#CCCN1CCc2ccccc2C1=O. The highest BCUT2D eigenvalue weighted by atomic mass is 16.2. The van der Waals surface area contributed by atoms with E-state index in [0.29, 0.717) is 13.0 Å². The number of benzene rings is 1. The molecule has 0 aliphatic carbocycles. The van der Waals surface area contributed by atoms with Crippen LogP contribution in [0.25, 0.3) is 0 Å². The quantitative estimate of drug-likeness (QED) is 0.727. The van der Waals surface area contributed by atoms with Crippen LogP contribution >= 0.6 is 0 Å². The highest BCUT2D eigenvalue weighted by Crippen LogP contribution is 2.18. The zero-order chi connectivity index (χ0) is 10.7. The topological polar surface area (TPSA) is 44.1 Å². The average molecular weight is 200 g/mol. The van der Waals surface area contributed by atoms with Gasteiger partial charge in [0.25, 0.3) is 5.91 Å². The molecule has 1 heterocycles. The molecule has 0 unspecified atom stereocenters. The summed E-state index contributed by atoms with van der Waals surface area (Å²) in [5.74, 6) is 0.0621. The summed E-state index contributed by atoms with van der Waals surface area (Å²) in [4.78, 5) is 13.7. The van der Waals surface area contributed by atoms with Gasteiger partial charge in [-0.15, -0.1) is 0 Å². The fourth-order valence-corrected chi connectivity index (χ4v) is 1.87. The van der Waals surface area contributed by atoms with Crippen molar-refractivity contribution in [3.8, 4) is 6.07 Å². The van der Waals surface area contributed by atoms with Crippen molar-refractivity contribution >= 4 is 5.91 Å². The van der Waals surface area contributed by atoms with Crippen molar-refractivity contribution in [2.24, 2.45) is 0 Å². The molecule has 3 heteroatoms. The number of rotatable bonds is 2. The van der Waals surface area contributed by atoms with Crippen LogP contribution in [0.1, 0.15) is 22.3 Å². The van der Waals surface area contributed by atoms with Gasteiger partial charge in [-0.25, -0.2) is 0 Å². The smallest absolute Gasteiger partial charge is 0.254 e. The molecule has 0 saturated heterocycles. The third-order valence-electron chi connectivity index (χ3n) is 2.68. The summed E-state index contributed by atoms with van der Waals surface area (Å²) in [6.45, 7) is 1.28. The van der Waals surface area contributed by atoms with E-state index in [0.717, 1.165) is 24.1 Å². The molecule has 0 radical (unpaired) electrons. The van der Waals surface area contributed by atoms with E-state index in [2.05, 4.69) is 6.07 Å². The minimum Gasteiger partial charge on any atom is -0.337 e. The van der Waals surface area contributed by atoms with Crippen LogP contribution in [0.5, 0.6) is 0 Å². The van der Waals surface area contributed by atoms with E-state index in [9.17, 15) is 4.79 Å². The molecule has 76 valence electrons. The van der Waals surface area contributed by atoms with E-state index in [1.165, 1.54) is 0 Å². The van der Waals surface area contributed by atoms with Gasteiger partial charge in [-0.3, -0.25) is 4.79 Å². The number of nitrogens with zero attached hydrogens (tertiary/aromatic N) is 2. The number of fused-ring (bicyclic) bond motifs is 1. The molecule has 0 spiro atoms. The van der Waals surface area contributed by atoms with Gasteiger partial charge in [-0.2, -0.15) is 5.26 Å². The number of hydrogen-bond acceptors (Lipinski definition) is 2. The second kappa shape index (κ2) is 4.14. The van der Waals surface area contributed by atoms with Crippen molar-refractivity contribution in [1.29, 1.82) is 5.26 Å². The van der Waals surface area contributed by atoms with Gasteiger partial charge in [0.2, 0.25) is 0 Å². The summed E-state index contributed by atoms with van der Waals surface area (Å²) in [5, 5.41) is 8.49. The maximum Gasteiger partial charge on any atom is 0.254 e. The molecule has 2 rings (SSSR count). The number of carbonyl (C=O) groups is 1. The van der Waals surface area contributed by atoms with Gasteiger partial charge in [0.15, 0.2) is 0 Å². The highest BCUT2D eigenvalue weighted by molar-refractivity contribution is 5.96. The van der Waals surface area contributed by atoms with E-state index >= 15 is 0 Å². The first-order chi connectivity index (χ1) is 7.33. The first-order valence-corrected chi connectivity index (χ1v) is 5.07. The molecule has 0 fully saturated rings. The number of hydrogen-bond donors (Lipinski definition) is 0. The molecule has 1 aromatic rings. The van der Waals surface area contributed by atoms with Crippen LogP contribution in [-0.4, -0.2) is 23.9 Å². The molecule has 0 atom stereocenters. The van der Waals surface area contributed by atoms with Gasteiger partial charge < -0.3 is 4.90 Å². The largest absolute Gasteiger partial charge is 0.337 e. The monoisotopic (exact) mass is 200 g/mol. The van der Waals surface area contributed by atoms with Crippen molar-refractivity contribution in [3.63, 3.8) is 0 Å². The lowest BCUT2D eigenvalue weighted by atomic mass is 9.99. The minimum absolute atomic E-state index is 0.0621. The normalized spacial score (nSPS) is 14.6. The minimum atomic E-state index is 0.0621. The zero-order valence-electron chi connectivity index (χ0n) is 8.44. The Morgan fingerprint density at radius 2 is 2.20 bits per heavy atom. The van der Waals surface area contributed by atoms with Crippen LogP contribution in [0, 0.1) is 11.3 Å². The third-order valence-corrected chi connectivity index (χ3v) is 2.68. The third kappa shape index (κ3) is 1.84. The van der Waals surface area contributed by atoms with Gasteiger partial charge >= 0.3 is 0 Å². The van der Waals surface area contributed by atoms with Crippen LogP contribution in [0.3, 0.4) is 0 Å². The van der Waals surface area contributed by atoms with Crippen LogP contribution in [0.2, 0.25) is 0 Å². The molecule has 0 N–H and O–H groups in total. The van der Waals surface area contributed by atoms with Crippen LogP contribution in [-0.2, 0) is 6.42 Å². The van der Waals surface area contributed by atoms with Crippen molar-refractivity contribution in [2.45, 2.75) is 12.8 Å². The Morgan fingerprint density at radius 1 is 1.40 bits per heavy atom. The Balaban J connectivity index is 2.19. The van der Waals surface area contributed by atoms with Crippen molar-refractivity contribution in [2.75, 3.05) is 13.1 Å². The van der Waals surface area contributed by atoms with E-state index in [1.54, 1.807) is 4.90 Å². The first kappa shape index (κ1) is 9.72. The predicted molar refractivity (Wildman–Crippen MR) is 56.3 cm³/mol. The van der Waals surface area contributed by atoms with Crippen molar-refractivity contribution < 1.29 is 4.79 Å². The lowest BCUT2D eigenvalue weighted by molar-refractivity contribution is 0.0743. The van der Waals surface area contributed by atoms with E-state index in [4.69, 9.17) is 5.26 Å². The van der Waals surface area contributed by atoms with Gasteiger partial charge in [0.05, 0.1) is 12.5 Å². The molecule has 1 amide bonds. The Kier molecular flexibility index (Phi) is 2.68. The number of nitriles is 1. The summed E-state index contributed by atoms with van der Waals surface area (Å²) < 4.78 is 0. The molecule has 1 aliphatic heterocycles. The Morgan fingerprint density at radius 3 is 3.00 bits per heavy atom. The first-order valence-electron chi connectivity index (χ1n) is 5.07. The van der Waals surface area contributed by atoms with E-state index < -0.39 is 0 Å². The molecular formula is C12H12N2O. The summed E-state index contributed by atoms with van der Waals surface area (Å²) in [7, 11) is 0. The molecular weight excluding hydrogens is 188 g/mol. The Hall–Kier alpha value is -1.82. The maximum absolute atomic E-state index is 11.9. The van der Waals surface area contributed by atoms with Gasteiger partial charge in [-0.05, 0) is 18.1 Å². The summed E-state index contributed by atoms with van der Waals surface area (Å²) in [5.41, 5.74) is 1.91. The van der Waals surface area contributed by atoms with Gasteiger partial charge in [0.1, 0.15) is 0 Å². The molecule has 3 nitrogen and oxygen atoms in total.